The van der Waals surface area contributed by atoms with Crippen molar-refractivity contribution in [1.82, 2.24) is 9.80 Å². The zero-order chi connectivity index (χ0) is 27.4. The van der Waals surface area contributed by atoms with Crippen LogP contribution in [0.2, 0.25) is 0 Å². The molecule has 0 aromatic heterocycles. The number of anilines is 1. The topological polar surface area (TPSA) is 99.2 Å². The maximum atomic E-state index is 13.6. The lowest BCUT2D eigenvalue weighted by Crippen LogP contribution is -2.51. The van der Waals surface area contributed by atoms with Gasteiger partial charge in [0.1, 0.15) is 17.2 Å². The van der Waals surface area contributed by atoms with Crippen LogP contribution in [0.5, 0.6) is 5.75 Å². The van der Waals surface area contributed by atoms with Crippen LogP contribution in [0, 0.1) is 5.82 Å². The maximum Gasteiger partial charge on any atom is 0.410 e. The molecule has 3 aromatic rings. The van der Waals surface area contributed by atoms with Crippen molar-refractivity contribution >= 4 is 23.6 Å². The monoisotopic (exact) mass is 519 g/mol. The number of nitrogens with zero attached hydrogens (tertiary/aromatic N) is 2. The van der Waals surface area contributed by atoms with Crippen LogP contribution >= 0.6 is 0 Å². The van der Waals surface area contributed by atoms with E-state index in [-0.39, 0.29) is 43.1 Å². The SMILES string of the molecule is CC(C)(C)OC(=O)N1CCN(C(=O)c2c(O)cc(-c3ccccc3)cc2C(=O)Nc2ccc(F)cc2)CC1. The average Bonchev–Trinajstić information content (AvgIpc) is 2.88. The van der Waals surface area contributed by atoms with Gasteiger partial charge in [0.2, 0.25) is 0 Å². The van der Waals surface area contributed by atoms with Crippen molar-refractivity contribution in [3.05, 3.63) is 83.7 Å². The third-order valence-electron chi connectivity index (χ3n) is 6.00. The van der Waals surface area contributed by atoms with Crippen molar-refractivity contribution < 1.29 is 28.6 Å². The van der Waals surface area contributed by atoms with Crippen LogP contribution in [-0.2, 0) is 4.74 Å². The first-order chi connectivity index (χ1) is 18.0. The van der Waals surface area contributed by atoms with Crippen LogP contribution in [0.4, 0.5) is 14.9 Å². The van der Waals surface area contributed by atoms with E-state index in [4.69, 9.17) is 4.74 Å². The molecule has 1 saturated heterocycles. The van der Waals surface area contributed by atoms with Crippen LogP contribution in [0.3, 0.4) is 0 Å². The quantitative estimate of drug-likeness (QED) is 0.497. The van der Waals surface area contributed by atoms with Gasteiger partial charge in [-0.3, -0.25) is 9.59 Å². The van der Waals surface area contributed by atoms with Gasteiger partial charge in [-0.1, -0.05) is 30.3 Å². The predicted octanol–water partition coefficient (Wildman–Crippen LogP) is 5.14. The molecule has 0 aliphatic carbocycles. The summed E-state index contributed by atoms with van der Waals surface area (Å²) >= 11 is 0. The summed E-state index contributed by atoms with van der Waals surface area (Å²) in [5.41, 5.74) is 0.846. The zero-order valence-electron chi connectivity index (χ0n) is 21.5. The number of phenols is 1. The number of aromatic hydroxyl groups is 1. The Kier molecular flexibility index (Phi) is 7.66. The Bertz CT molecular complexity index is 1330. The zero-order valence-corrected chi connectivity index (χ0v) is 21.5. The number of halogens is 1. The number of hydrogen-bond acceptors (Lipinski definition) is 5. The predicted molar refractivity (Wildman–Crippen MR) is 142 cm³/mol. The van der Waals surface area contributed by atoms with Gasteiger partial charge in [0.25, 0.3) is 11.8 Å². The standard InChI is InChI=1S/C29H30FN3O5/c1-29(2,3)38-28(37)33-15-13-32(14-16-33)27(36)25-23(26(35)31-22-11-9-21(30)10-12-22)17-20(18-24(25)34)19-7-5-4-6-8-19/h4-12,17-18,34H,13-16H2,1-3H3,(H,31,35). The van der Waals surface area contributed by atoms with E-state index in [1.54, 1.807) is 26.8 Å². The fraction of sp³-hybridized carbons (Fsp3) is 0.276. The van der Waals surface area contributed by atoms with Gasteiger partial charge in [-0.25, -0.2) is 9.18 Å². The van der Waals surface area contributed by atoms with E-state index in [1.807, 2.05) is 30.3 Å². The van der Waals surface area contributed by atoms with Gasteiger partial charge >= 0.3 is 6.09 Å². The molecule has 0 unspecified atom stereocenters. The summed E-state index contributed by atoms with van der Waals surface area (Å²) in [5.74, 6) is -1.95. The number of ether oxygens (including phenoxy) is 1. The Morgan fingerprint density at radius 3 is 2.08 bits per heavy atom. The highest BCUT2D eigenvalue weighted by atomic mass is 19.1. The summed E-state index contributed by atoms with van der Waals surface area (Å²) in [4.78, 5) is 42.4. The van der Waals surface area contributed by atoms with Crippen molar-refractivity contribution in [1.29, 1.82) is 0 Å². The second-order valence-electron chi connectivity index (χ2n) is 10.0. The molecular formula is C29H30FN3O5. The van der Waals surface area contributed by atoms with E-state index >= 15 is 0 Å². The van der Waals surface area contributed by atoms with Crippen molar-refractivity contribution in [3.63, 3.8) is 0 Å². The molecule has 3 aromatic carbocycles. The van der Waals surface area contributed by atoms with E-state index in [1.165, 1.54) is 40.1 Å². The molecule has 0 bridgehead atoms. The minimum absolute atomic E-state index is 0.0206. The molecule has 0 spiro atoms. The summed E-state index contributed by atoms with van der Waals surface area (Å²) in [7, 11) is 0. The smallest absolute Gasteiger partial charge is 0.410 e. The van der Waals surface area contributed by atoms with Crippen LogP contribution in [-0.4, -0.2) is 64.6 Å². The van der Waals surface area contributed by atoms with Crippen LogP contribution in [0.25, 0.3) is 11.1 Å². The minimum atomic E-state index is -0.636. The van der Waals surface area contributed by atoms with E-state index in [0.29, 0.717) is 11.3 Å². The highest BCUT2D eigenvalue weighted by Gasteiger charge is 2.31. The number of piperazine rings is 1. The number of phenolic OH excluding ortho intramolecular Hbond substituents is 1. The normalized spacial score (nSPS) is 13.7. The summed E-state index contributed by atoms with van der Waals surface area (Å²) in [6.45, 7) is 6.26. The maximum absolute atomic E-state index is 13.6. The summed E-state index contributed by atoms with van der Waals surface area (Å²) in [6, 6.07) is 17.4. The molecule has 38 heavy (non-hydrogen) atoms. The molecule has 3 amide bonds. The van der Waals surface area contributed by atoms with Gasteiger partial charge in [0, 0.05) is 31.9 Å². The fourth-order valence-corrected chi connectivity index (χ4v) is 4.14. The van der Waals surface area contributed by atoms with Crippen LogP contribution in [0.15, 0.2) is 66.7 Å². The largest absolute Gasteiger partial charge is 0.507 e. The van der Waals surface area contributed by atoms with Gasteiger partial charge in [-0.15, -0.1) is 0 Å². The number of carbonyl (C=O) groups excluding carboxylic acids is 3. The third kappa shape index (κ3) is 6.29. The lowest BCUT2D eigenvalue weighted by Gasteiger charge is -2.36. The number of nitrogens with one attached hydrogen (secondary N) is 1. The number of hydrogen-bond donors (Lipinski definition) is 2. The molecule has 198 valence electrons. The van der Waals surface area contributed by atoms with Crippen molar-refractivity contribution in [3.8, 4) is 16.9 Å². The third-order valence-corrected chi connectivity index (χ3v) is 6.00. The van der Waals surface area contributed by atoms with Crippen LogP contribution < -0.4 is 5.32 Å². The summed E-state index contributed by atoms with van der Waals surface area (Å²) in [5, 5.41) is 13.7. The van der Waals surface area contributed by atoms with E-state index in [2.05, 4.69) is 5.32 Å². The number of carbonyl (C=O) groups is 3. The minimum Gasteiger partial charge on any atom is -0.507 e. The van der Waals surface area contributed by atoms with Gasteiger partial charge in [-0.05, 0) is 68.3 Å². The Hall–Kier alpha value is -4.40. The number of benzene rings is 3. The Labute approximate surface area is 220 Å². The second-order valence-corrected chi connectivity index (χ2v) is 10.0. The van der Waals surface area contributed by atoms with Gasteiger partial charge in [0.15, 0.2) is 0 Å². The molecule has 1 aliphatic rings. The van der Waals surface area contributed by atoms with Crippen LogP contribution in [0.1, 0.15) is 41.5 Å². The molecule has 0 radical (unpaired) electrons. The fourth-order valence-electron chi connectivity index (χ4n) is 4.14. The van der Waals surface area contributed by atoms with Gasteiger partial charge in [-0.2, -0.15) is 0 Å². The lowest BCUT2D eigenvalue weighted by atomic mass is 9.96. The number of amides is 3. The lowest BCUT2D eigenvalue weighted by molar-refractivity contribution is 0.0140. The number of rotatable bonds is 4. The molecule has 1 aliphatic heterocycles. The highest BCUT2D eigenvalue weighted by Crippen LogP contribution is 2.32. The molecule has 8 nitrogen and oxygen atoms in total. The van der Waals surface area contributed by atoms with Gasteiger partial charge < -0.3 is 25.0 Å². The Morgan fingerprint density at radius 1 is 0.868 bits per heavy atom. The molecule has 9 heteroatoms. The molecule has 1 fully saturated rings. The molecule has 0 saturated carbocycles. The second kappa shape index (κ2) is 10.9. The molecule has 0 atom stereocenters. The Balaban J connectivity index is 1.62. The Morgan fingerprint density at radius 2 is 1.47 bits per heavy atom. The first-order valence-corrected chi connectivity index (χ1v) is 12.3. The molecule has 1 heterocycles. The average molecular weight is 520 g/mol. The van der Waals surface area contributed by atoms with Gasteiger partial charge in [0.05, 0.1) is 11.1 Å². The van der Waals surface area contributed by atoms with Crippen molar-refractivity contribution in [2.24, 2.45) is 0 Å². The molecular weight excluding hydrogens is 489 g/mol. The molecule has 2 N–H and O–H groups in total. The summed E-state index contributed by atoms with van der Waals surface area (Å²) in [6.07, 6.45) is -0.459. The van der Waals surface area contributed by atoms with Crippen molar-refractivity contribution in [2.75, 3.05) is 31.5 Å². The molecule has 4 rings (SSSR count). The first-order valence-electron chi connectivity index (χ1n) is 12.3. The first kappa shape index (κ1) is 26.7. The van der Waals surface area contributed by atoms with Crippen molar-refractivity contribution in [2.45, 2.75) is 26.4 Å². The highest BCUT2D eigenvalue weighted by molar-refractivity contribution is 6.14. The van der Waals surface area contributed by atoms with E-state index in [9.17, 15) is 23.9 Å². The van der Waals surface area contributed by atoms with E-state index in [0.717, 1.165) is 5.56 Å². The summed E-state index contributed by atoms with van der Waals surface area (Å²) < 4.78 is 18.8. The van der Waals surface area contributed by atoms with E-state index < -0.39 is 29.3 Å².